The third kappa shape index (κ3) is 9.54. The molecule has 2 atom stereocenters. The summed E-state index contributed by atoms with van der Waals surface area (Å²) < 4.78 is 0. The Morgan fingerprint density at radius 2 is 1.22 bits per heavy atom. The molecule has 0 aromatic rings. The summed E-state index contributed by atoms with van der Waals surface area (Å²) in [6.45, 7) is 3.86. The molecule has 0 aliphatic rings. The minimum Gasteiger partial charge on any atom is -0.247 e. The number of alkyl halides is 2. The zero-order chi connectivity index (χ0) is 14.0. The number of carbonyl (C=O) groups is 2. The summed E-state index contributed by atoms with van der Waals surface area (Å²) in [6, 6.07) is 0. The molecule has 2 unspecified atom stereocenters. The Kier molecular flexibility index (Phi) is 10.2. The summed E-state index contributed by atoms with van der Waals surface area (Å²) in [5, 5.41) is -0.121. The Balaban J connectivity index is 3.62. The Morgan fingerprint density at radius 1 is 0.889 bits per heavy atom. The molecule has 0 aromatic heterocycles. The zero-order valence-electron chi connectivity index (χ0n) is 10.8. The lowest BCUT2D eigenvalue weighted by molar-refractivity contribution is -0.259. The predicted molar refractivity (Wildman–Crippen MR) is 70.5 cm³/mol. The van der Waals surface area contributed by atoms with Gasteiger partial charge in [-0.2, -0.15) is 0 Å². The second-order valence-corrected chi connectivity index (χ2v) is 5.23. The Labute approximate surface area is 118 Å². The van der Waals surface area contributed by atoms with Crippen molar-refractivity contribution in [3.8, 4) is 0 Å². The van der Waals surface area contributed by atoms with E-state index in [0.717, 1.165) is 12.8 Å². The number of rotatable bonds is 8. The average molecular weight is 299 g/mol. The van der Waals surface area contributed by atoms with E-state index in [1.54, 1.807) is 0 Å². The molecule has 0 N–H and O–H groups in total. The lowest BCUT2D eigenvalue weighted by atomic mass is 10.2. The summed E-state index contributed by atoms with van der Waals surface area (Å²) in [6.07, 6.45) is 2.86. The van der Waals surface area contributed by atoms with Crippen LogP contribution in [0.25, 0.3) is 0 Å². The molecule has 0 saturated heterocycles. The third-order valence-corrected chi connectivity index (χ3v) is 3.49. The van der Waals surface area contributed by atoms with Gasteiger partial charge in [0, 0.05) is 10.8 Å². The maximum atomic E-state index is 11.2. The highest BCUT2D eigenvalue weighted by Crippen LogP contribution is 2.11. The molecule has 0 radical (unpaired) electrons. The fourth-order valence-electron chi connectivity index (χ4n) is 1.13. The fraction of sp³-hybridized carbons (Fsp3) is 0.833. The van der Waals surface area contributed by atoms with Gasteiger partial charge in [-0.05, 0) is 25.7 Å². The van der Waals surface area contributed by atoms with Crippen LogP contribution in [-0.4, -0.2) is 22.7 Å². The lowest BCUT2D eigenvalue weighted by Gasteiger charge is -2.06. The SMILES string of the molecule is CCC(Cl)CCC(=O)OOC(=O)CCC(Cl)CC. The number of halogens is 2. The second-order valence-electron chi connectivity index (χ2n) is 4.00. The molecule has 106 valence electrons. The highest BCUT2D eigenvalue weighted by Gasteiger charge is 2.13. The number of hydrogen-bond acceptors (Lipinski definition) is 4. The van der Waals surface area contributed by atoms with E-state index < -0.39 is 11.9 Å². The smallest absolute Gasteiger partial charge is 0.247 e. The number of carbonyl (C=O) groups excluding carboxylic acids is 2. The van der Waals surface area contributed by atoms with Gasteiger partial charge in [0.05, 0.1) is 12.8 Å². The van der Waals surface area contributed by atoms with Gasteiger partial charge in [0.1, 0.15) is 0 Å². The summed E-state index contributed by atoms with van der Waals surface area (Å²) in [4.78, 5) is 31.1. The maximum Gasteiger partial charge on any atom is 0.355 e. The van der Waals surface area contributed by atoms with Gasteiger partial charge >= 0.3 is 11.9 Å². The van der Waals surface area contributed by atoms with E-state index in [2.05, 4.69) is 9.78 Å². The maximum absolute atomic E-state index is 11.2. The van der Waals surface area contributed by atoms with Crippen LogP contribution in [0, 0.1) is 0 Å². The minimum absolute atomic E-state index is 0.0604. The molecule has 0 spiro atoms. The Bertz CT molecular complexity index is 232. The van der Waals surface area contributed by atoms with Crippen molar-refractivity contribution < 1.29 is 19.4 Å². The van der Waals surface area contributed by atoms with Crippen molar-refractivity contribution in [2.75, 3.05) is 0 Å². The van der Waals surface area contributed by atoms with Crippen LogP contribution in [-0.2, 0) is 19.4 Å². The topological polar surface area (TPSA) is 52.6 Å². The van der Waals surface area contributed by atoms with Gasteiger partial charge in [0.2, 0.25) is 0 Å². The van der Waals surface area contributed by atoms with Crippen LogP contribution in [0.1, 0.15) is 52.4 Å². The molecule has 0 heterocycles. The summed E-state index contributed by atoms with van der Waals surface area (Å²) in [5.74, 6) is -1.17. The Hall–Kier alpha value is -0.480. The molecule has 0 rings (SSSR count). The molecule has 0 saturated carbocycles. The van der Waals surface area contributed by atoms with Crippen molar-refractivity contribution in [1.82, 2.24) is 0 Å². The third-order valence-electron chi connectivity index (χ3n) is 2.44. The van der Waals surface area contributed by atoms with Crippen molar-refractivity contribution in [2.24, 2.45) is 0 Å². The Morgan fingerprint density at radius 3 is 1.50 bits per heavy atom. The first-order chi connectivity index (χ1) is 8.49. The van der Waals surface area contributed by atoms with Gasteiger partial charge in [-0.15, -0.1) is 23.2 Å². The van der Waals surface area contributed by atoms with Crippen LogP contribution in [0.3, 0.4) is 0 Å². The van der Waals surface area contributed by atoms with Gasteiger partial charge in [-0.1, -0.05) is 13.8 Å². The molecule has 0 bridgehead atoms. The largest absolute Gasteiger partial charge is 0.355 e. The van der Waals surface area contributed by atoms with Gasteiger partial charge in [-0.25, -0.2) is 19.4 Å². The summed E-state index contributed by atoms with van der Waals surface area (Å²) >= 11 is 11.7. The van der Waals surface area contributed by atoms with E-state index in [-0.39, 0.29) is 23.6 Å². The average Bonchev–Trinajstić information content (AvgIpc) is 2.39. The minimum atomic E-state index is -0.583. The van der Waals surface area contributed by atoms with E-state index in [0.29, 0.717) is 12.8 Å². The van der Waals surface area contributed by atoms with Gasteiger partial charge in [0.25, 0.3) is 0 Å². The van der Waals surface area contributed by atoms with Crippen LogP contribution in [0.2, 0.25) is 0 Å². The molecular weight excluding hydrogens is 279 g/mol. The molecule has 18 heavy (non-hydrogen) atoms. The monoisotopic (exact) mass is 298 g/mol. The quantitative estimate of drug-likeness (QED) is 0.390. The molecule has 0 aromatic carbocycles. The van der Waals surface area contributed by atoms with E-state index in [1.165, 1.54) is 0 Å². The van der Waals surface area contributed by atoms with Crippen molar-refractivity contribution >= 4 is 35.1 Å². The molecule has 0 fully saturated rings. The van der Waals surface area contributed by atoms with Crippen molar-refractivity contribution in [3.05, 3.63) is 0 Å². The molecular formula is C12H20Cl2O4. The fourth-order valence-corrected chi connectivity index (χ4v) is 1.35. The van der Waals surface area contributed by atoms with Crippen LogP contribution in [0.4, 0.5) is 0 Å². The molecule has 0 aliphatic carbocycles. The van der Waals surface area contributed by atoms with Gasteiger partial charge in [0.15, 0.2) is 0 Å². The molecule has 4 nitrogen and oxygen atoms in total. The first kappa shape index (κ1) is 17.5. The highest BCUT2D eigenvalue weighted by molar-refractivity contribution is 6.20. The van der Waals surface area contributed by atoms with Gasteiger partial charge < -0.3 is 0 Å². The summed E-state index contributed by atoms with van der Waals surface area (Å²) in [5.41, 5.74) is 0. The van der Waals surface area contributed by atoms with Crippen LogP contribution >= 0.6 is 23.2 Å². The second kappa shape index (κ2) is 10.4. The number of hydrogen-bond donors (Lipinski definition) is 0. The summed E-state index contributed by atoms with van der Waals surface area (Å²) in [7, 11) is 0. The normalized spacial score (nSPS) is 13.8. The zero-order valence-corrected chi connectivity index (χ0v) is 12.3. The van der Waals surface area contributed by atoms with E-state index >= 15 is 0 Å². The van der Waals surface area contributed by atoms with Crippen LogP contribution < -0.4 is 0 Å². The highest BCUT2D eigenvalue weighted by atomic mass is 35.5. The van der Waals surface area contributed by atoms with E-state index in [4.69, 9.17) is 23.2 Å². The molecule has 0 amide bonds. The standard InChI is InChI=1S/C12H20Cl2O4/c1-3-9(13)5-7-11(15)17-18-12(16)8-6-10(14)4-2/h9-10H,3-8H2,1-2H3. The van der Waals surface area contributed by atoms with Crippen LogP contribution in [0.15, 0.2) is 0 Å². The van der Waals surface area contributed by atoms with E-state index in [1.807, 2.05) is 13.8 Å². The molecule has 6 heteroatoms. The van der Waals surface area contributed by atoms with Crippen LogP contribution in [0.5, 0.6) is 0 Å². The van der Waals surface area contributed by atoms with Gasteiger partial charge in [-0.3, -0.25) is 0 Å². The first-order valence-corrected chi connectivity index (χ1v) is 7.05. The first-order valence-electron chi connectivity index (χ1n) is 6.17. The predicted octanol–water partition coefficient (Wildman–Crippen LogP) is 3.58. The van der Waals surface area contributed by atoms with E-state index in [9.17, 15) is 9.59 Å². The lowest BCUT2D eigenvalue weighted by Crippen LogP contribution is -2.13. The van der Waals surface area contributed by atoms with Crippen molar-refractivity contribution in [1.29, 1.82) is 0 Å². The molecule has 0 aliphatic heterocycles. The van der Waals surface area contributed by atoms with Crippen molar-refractivity contribution in [3.63, 3.8) is 0 Å². The van der Waals surface area contributed by atoms with Crippen molar-refractivity contribution in [2.45, 2.75) is 63.1 Å².